The summed E-state index contributed by atoms with van der Waals surface area (Å²) in [6.07, 6.45) is 1.56. The zero-order chi connectivity index (χ0) is 13.0. The molecule has 0 fully saturated rings. The number of nitrogens with two attached hydrogens (primary N) is 1. The Kier molecular flexibility index (Phi) is 4.40. The number of benzene rings is 1. The lowest BCUT2D eigenvalue weighted by molar-refractivity contribution is 0.100. The van der Waals surface area contributed by atoms with Crippen molar-refractivity contribution in [2.75, 3.05) is 14.1 Å². The van der Waals surface area contributed by atoms with Gasteiger partial charge >= 0.3 is 0 Å². The first kappa shape index (κ1) is 13.4. The van der Waals surface area contributed by atoms with Crippen LogP contribution >= 0.6 is 0 Å². The lowest BCUT2D eigenvalue weighted by Gasteiger charge is -2.23. The second-order valence-corrected chi connectivity index (χ2v) is 3.98. The molecule has 0 unspecified atom stereocenters. The normalized spacial score (nSPS) is 10.9. The van der Waals surface area contributed by atoms with Crippen molar-refractivity contribution >= 4 is 12.2 Å². The highest BCUT2D eigenvalue weighted by Gasteiger charge is 2.17. The van der Waals surface area contributed by atoms with Crippen molar-refractivity contribution in [1.29, 1.82) is 0 Å². The van der Waals surface area contributed by atoms with Gasteiger partial charge in [0.2, 0.25) is 5.91 Å². The fraction of sp³-hybridized carbons (Fsp3) is 0.308. The summed E-state index contributed by atoms with van der Waals surface area (Å²) in [6, 6.07) is 5.99. The Morgan fingerprint density at radius 1 is 1.41 bits per heavy atom. The number of carbonyl (C=O) groups excluding carboxylic acids is 2. The van der Waals surface area contributed by atoms with Crippen LogP contribution in [0.2, 0.25) is 0 Å². The molecule has 0 atom stereocenters. The summed E-state index contributed by atoms with van der Waals surface area (Å²) in [7, 11) is 3.85. The number of nitrogens with zero attached hydrogens (tertiary/aromatic N) is 1. The van der Waals surface area contributed by atoms with Gasteiger partial charge in [-0.15, -0.1) is 0 Å². The zero-order valence-electron chi connectivity index (χ0n) is 10.4. The topological polar surface area (TPSA) is 63.4 Å². The molecule has 1 rings (SSSR count). The lowest BCUT2D eigenvalue weighted by atomic mass is 9.96. The molecule has 1 radical (unpaired) electrons. The van der Waals surface area contributed by atoms with E-state index < -0.39 is 5.91 Å². The molecule has 0 aliphatic heterocycles. The molecule has 0 saturated heterocycles. The van der Waals surface area contributed by atoms with Gasteiger partial charge in [0.15, 0.2) is 0 Å². The first-order valence-electron chi connectivity index (χ1n) is 5.43. The smallest absolute Gasteiger partial charge is 0.248 e. The van der Waals surface area contributed by atoms with Gasteiger partial charge in [0.1, 0.15) is 6.29 Å². The third-order valence-electron chi connectivity index (χ3n) is 2.65. The van der Waals surface area contributed by atoms with Crippen molar-refractivity contribution in [3.05, 3.63) is 40.9 Å². The number of hydrogen-bond acceptors (Lipinski definition) is 3. The maximum Gasteiger partial charge on any atom is 0.248 e. The minimum Gasteiger partial charge on any atom is -0.366 e. The number of amides is 1. The van der Waals surface area contributed by atoms with E-state index in [1.54, 1.807) is 12.1 Å². The van der Waals surface area contributed by atoms with Crippen LogP contribution in [0.15, 0.2) is 18.2 Å². The summed E-state index contributed by atoms with van der Waals surface area (Å²) < 4.78 is 0. The van der Waals surface area contributed by atoms with Crippen molar-refractivity contribution < 1.29 is 9.59 Å². The standard InChI is InChI=1S/C13H17N2O2/c1-4-12(15(2)3)11-6-5-9(13(14)17)7-10(11)8-16/h5-8H,4H2,1-3H3,(H2,14,17). The fourth-order valence-electron chi connectivity index (χ4n) is 1.82. The van der Waals surface area contributed by atoms with Crippen molar-refractivity contribution in [1.82, 2.24) is 4.90 Å². The third kappa shape index (κ3) is 2.91. The van der Waals surface area contributed by atoms with Crippen LogP contribution in [0.25, 0.3) is 0 Å². The van der Waals surface area contributed by atoms with E-state index in [-0.39, 0.29) is 0 Å². The van der Waals surface area contributed by atoms with Gasteiger partial charge in [0, 0.05) is 11.1 Å². The lowest BCUT2D eigenvalue weighted by Crippen LogP contribution is -2.22. The van der Waals surface area contributed by atoms with Crippen LogP contribution < -0.4 is 5.73 Å². The second-order valence-electron chi connectivity index (χ2n) is 3.98. The predicted octanol–water partition coefficient (Wildman–Crippen LogP) is 1.45. The van der Waals surface area contributed by atoms with Crippen molar-refractivity contribution in [2.24, 2.45) is 5.73 Å². The van der Waals surface area contributed by atoms with Gasteiger partial charge in [-0.3, -0.25) is 14.5 Å². The molecule has 1 aromatic carbocycles. The van der Waals surface area contributed by atoms with E-state index in [0.717, 1.165) is 24.3 Å². The van der Waals surface area contributed by atoms with E-state index in [0.29, 0.717) is 11.1 Å². The van der Waals surface area contributed by atoms with E-state index in [9.17, 15) is 9.59 Å². The van der Waals surface area contributed by atoms with E-state index in [1.807, 2.05) is 25.9 Å². The van der Waals surface area contributed by atoms with Crippen LogP contribution in [0.4, 0.5) is 0 Å². The molecule has 0 aliphatic rings. The maximum absolute atomic E-state index is 11.1. The Morgan fingerprint density at radius 2 is 2.06 bits per heavy atom. The van der Waals surface area contributed by atoms with Gasteiger partial charge in [0.25, 0.3) is 0 Å². The molecule has 17 heavy (non-hydrogen) atoms. The van der Waals surface area contributed by atoms with Gasteiger partial charge in [0.05, 0.1) is 6.04 Å². The monoisotopic (exact) mass is 233 g/mol. The van der Waals surface area contributed by atoms with E-state index in [2.05, 4.69) is 0 Å². The molecule has 1 amide bonds. The summed E-state index contributed by atoms with van der Waals surface area (Å²) in [5.74, 6) is -0.525. The third-order valence-corrected chi connectivity index (χ3v) is 2.65. The minimum absolute atomic E-state index is 0.352. The first-order valence-corrected chi connectivity index (χ1v) is 5.43. The highest BCUT2D eigenvalue weighted by molar-refractivity contribution is 5.95. The van der Waals surface area contributed by atoms with Crippen molar-refractivity contribution in [3.8, 4) is 0 Å². The van der Waals surface area contributed by atoms with Crippen LogP contribution in [0.5, 0.6) is 0 Å². The Balaban J connectivity index is 3.24. The highest BCUT2D eigenvalue weighted by Crippen LogP contribution is 2.24. The minimum atomic E-state index is -0.525. The molecule has 0 spiro atoms. The molecule has 0 aliphatic carbocycles. The predicted molar refractivity (Wildman–Crippen MR) is 66.7 cm³/mol. The Morgan fingerprint density at radius 3 is 2.47 bits per heavy atom. The average molecular weight is 233 g/mol. The second kappa shape index (κ2) is 5.59. The molecule has 91 valence electrons. The quantitative estimate of drug-likeness (QED) is 0.783. The van der Waals surface area contributed by atoms with Crippen LogP contribution in [0.1, 0.15) is 39.6 Å². The van der Waals surface area contributed by atoms with E-state index >= 15 is 0 Å². The number of rotatable bonds is 5. The van der Waals surface area contributed by atoms with E-state index in [4.69, 9.17) is 5.73 Å². The highest BCUT2D eigenvalue weighted by atomic mass is 16.1. The van der Waals surface area contributed by atoms with Crippen LogP contribution in [0, 0.1) is 6.04 Å². The Labute approximate surface area is 101 Å². The molecular weight excluding hydrogens is 216 g/mol. The molecular formula is C13H17N2O2. The molecule has 4 nitrogen and oxygen atoms in total. The molecule has 0 bridgehead atoms. The van der Waals surface area contributed by atoms with Gasteiger partial charge in [-0.1, -0.05) is 13.0 Å². The van der Waals surface area contributed by atoms with Crippen molar-refractivity contribution in [3.63, 3.8) is 0 Å². The van der Waals surface area contributed by atoms with Crippen LogP contribution in [0.3, 0.4) is 0 Å². The summed E-state index contributed by atoms with van der Waals surface area (Å²) in [6.45, 7) is 2.02. The molecule has 1 aromatic rings. The average Bonchev–Trinajstić information content (AvgIpc) is 2.29. The van der Waals surface area contributed by atoms with Gasteiger partial charge in [-0.2, -0.15) is 0 Å². The summed E-state index contributed by atoms with van der Waals surface area (Å²) in [4.78, 5) is 24.1. The largest absolute Gasteiger partial charge is 0.366 e. The zero-order valence-corrected chi connectivity index (χ0v) is 10.4. The molecule has 0 heterocycles. The van der Waals surface area contributed by atoms with Crippen LogP contribution in [-0.4, -0.2) is 31.2 Å². The first-order chi connectivity index (χ1) is 8.01. The summed E-state index contributed by atoms with van der Waals surface area (Å²) in [5.41, 5.74) is 6.87. The number of carbonyl (C=O) groups is 2. The molecule has 2 N–H and O–H groups in total. The van der Waals surface area contributed by atoms with Crippen LogP contribution in [-0.2, 0) is 0 Å². The van der Waals surface area contributed by atoms with E-state index in [1.165, 1.54) is 6.07 Å². The van der Waals surface area contributed by atoms with Gasteiger partial charge in [-0.25, -0.2) is 0 Å². The molecule has 4 heteroatoms. The number of hydrogen-bond donors (Lipinski definition) is 1. The maximum atomic E-state index is 11.1. The molecule has 0 saturated carbocycles. The molecule has 0 aromatic heterocycles. The SMILES string of the molecule is CC[C](c1ccc(C(N)=O)cc1C=O)N(C)C. The van der Waals surface area contributed by atoms with Gasteiger partial charge in [-0.05, 0) is 38.2 Å². The summed E-state index contributed by atoms with van der Waals surface area (Å²) in [5, 5.41) is 0. The summed E-state index contributed by atoms with van der Waals surface area (Å²) >= 11 is 0. The number of aldehydes is 1. The Hall–Kier alpha value is -1.68. The Bertz CT molecular complexity index is 427. The van der Waals surface area contributed by atoms with Crippen molar-refractivity contribution in [2.45, 2.75) is 13.3 Å². The number of primary amides is 1. The fourth-order valence-corrected chi connectivity index (χ4v) is 1.82. The van der Waals surface area contributed by atoms with Gasteiger partial charge < -0.3 is 5.73 Å².